The molecule has 104 valence electrons. The topological polar surface area (TPSA) is 49.0 Å². The van der Waals surface area contributed by atoms with Crippen LogP contribution in [0.4, 0.5) is 0 Å². The van der Waals surface area contributed by atoms with Gasteiger partial charge in [-0.1, -0.05) is 31.2 Å². The van der Waals surface area contributed by atoms with Crippen molar-refractivity contribution in [2.45, 2.75) is 13.3 Å². The third-order valence-corrected chi connectivity index (χ3v) is 3.01. The van der Waals surface area contributed by atoms with Crippen molar-refractivity contribution < 1.29 is 4.79 Å². The smallest absolute Gasteiger partial charge is 0.198 e. The molecule has 0 fully saturated rings. The van der Waals surface area contributed by atoms with Crippen LogP contribution in [0.25, 0.3) is 5.57 Å². The number of rotatable bonds is 5. The number of imidazole rings is 1. The van der Waals surface area contributed by atoms with E-state index in [2.05, 4.69) is 16.9 Å². The first-order valence-corrected chi connectivity index (χ1v) is 6.63. The minimum Gasteiger partial charge on any atom is -0.383 e. The van der Waals surface area contributed by atoms with Gasteiger partial charge in [-0.2, -0.15) is 0 Å². The number of H-pyrrole nitrogens is 1. The van der Waals surface area contributed by atoms with Crippen LogP contribution in [-0.2, 0) is 6.42 Å². The molecular formula is C16H19N3O. The summed E-state index contributed by atoms with van der Waals surface area (Å²) in [5.74, 6) is 0.555. The van der Waals surface area contributed by atoms with Gasteiger partial charge < -0.3 is 9.88 Å². The predicted molar refractivity (Wildman–Crippen MR) is 80.4 cm³/mol. The van der Waals surface area contributed by atoms with Crippen molar-refractivity contribution in [3.63, 3.8) is 0 Å². The van der Waals surface area contributed by atoms with Crippen molar-refractivity contribution in [2.24, 2.45) is 0 Å². The van der Waals surface area contributed by atoms with E-state index in [1.54, 1.807) is 18.6 Å². The summed E-state index contributed by atoms with van der Waals surface area (Å²) in [6.45, 7) is 2.09. The number of aryl methyl sites for hydroxylation is 1. The lowest BCUT2D eigenvalue weighted by molar-refractivity contribution is 0.105. The van der Waals surface area contributed by atoms with E-state index in [1.807, 2.05) is 43.3 Å². The molecule has 1 aromatic carbocycles. The van der Waals surface area contributed by atoms with E-state index >= 15 is 0 Å². The van der Waals surface area contributed by atoms with Gasteiger partial charge >= 0.3 is 0 Å². The fourth-order valence-electron chi connectivity index (χ4n) is 1.95. The Morgan fingerprint density at radius 3 is 2.50 bits per heavy atom. The molecule has 1 heterocycles. The molecule has 0 aliphatic heterocycles. The van der Waals surface area contributed by atoms with Crippen LogP contribution in [-0.4, -0.2) is 34.7 Å². The number of benzene rings is 1. The van der Waals surface area contributed by atoms with Crippen molar-refractivity contribution in [2.75, 3.05) is 14.1 Å². The zero-order valence-electron chi connectivity index (χ0n) is 12.1. The van der Waals surface area contributed by atoms with E-state index in [-0.39, 0.29) is 5.78 Å². The monoisotopic (exact) mass is 269 g/mol. The van der Waals surface area contributed by atoms with Crippen LogP contribution >= 0.6 is 0 Å². The molecule has 0 bridgehead atoms. The quantitative estimate of drug-likeness (QED) is 0.670. The second-order valence-electron chi connectivity index (χ2n) is 4.82. The third kappa shape index (κ3) is 3.15. The lowest BCUT2D eigenvalue weighted by Crippen LogP contribution is -2.10. The number of nitrogens with one attached hydrogen (secondary N) is 1. The van der Waals surface area contributed by atoms with Crippen LogP contribution < -0.4 is 0 Å². The van der Waals surface area contributed by atoms with Gasteiger partial charge in [-0.3, -0.25) is 4.79 Å². The summed E-state index contributed by atoms with van der Waals surface area (Å²) in [6.07, 6.45) is 6.11. The molecule has 1 aromatic heterocycles. The number of aromatic nitrogens is 2. The molecular weight excluding hydrogens is 250 g/mol. The lowest BCUT2D eigenvalue weighted by atomic mass is 10.0. The maximum absolute atomic E-state index is 12.6. The minimum atomic E-state index is -0.0312. The van der Waals surface area contributed by atoms with Crippen molar-refractivity contribution in [1.29, 1.82) is 0 Å². The Morgan fingerprint density at radius 2 is 2.00 bits per heavy atom. The summed E-state index contributed by atoms with van der Waals surface area (Å²) >= 11 is 0. The van der Waals surface area contributed by atoms with Gasteiger partial charge in [-0.15, -0.1) is 0 Å². The molecule has 4 heteroatoms. The highest BCUT2D eigenvalue weighted by molar-refractivity contribution is 6.28. The maximum Gasteiger partial charge on any atom is 0.198 e. The van der Waals surface area contributed by atoms with Crippen LogP contribution in [0.1, 0.15) is 28.7 Å². The summed E-state index contributed by atoms with van der Waals surface area (Å²) in [5, 5.41) is 0. The van der Waals surface area contributed by atoms with E-state index < -0.39 is 0 Å². The third-order valence-electron chi connectivity index (χ3n) is 3.01. The zero-order chi connectivity index (χ0) is 14.5. The first-order chi connectivity index (χ1) is 9.61. The summed E-state index contributed by atoms with van der Waals surface area (Å²) in [4.78, 5) is 21.6. The van der Waals surface area contributed by atoms with E-state index in [1.165, 1.54) is 5.56 Å². The lowest BCUT2D eigenvalue weighted by Gasteiger charge is -2.10. The second kappa shape index (κ2) is 6.19. The Kier molecular flexibility index (Phi) is 4.35. The number of carbonyl (C=O) groups is 1. The number of Topliss-reactive ketones (excluding diaryl/α,β-unsaturated/α-hetero) is 1. The molecule has 2 rings (SSSR count). The minimum absolute atomic E-state index is 0.0312. The highest BCUT2D eigenvalue weighted by Crippen LogP contribution is 2.17. The van der Waals surface area contributed by atoms with Crippen molar-refractivity contribution >= 4 is 11.4 Å². The highest BCUT2D eigenvalue weighted by Gasteiger charge is 2.16. The molecule has 0 spiro atoms. The molecule has 0 radical (unpaired) electrons. The number of hydrogen-bond donors (Lipinski definition) is 1. The molecule has 0 aliphatic carbocycles. The Morgan fingerprint density at radius 1 is 1.30 bits per heavy atom. The van der Waals surface area contributed by atoms with Crippen LogP contribution in [0, 0.1) is 0 Å². The molecule has 20 heavy (non-hydrogen) atoms. The van der Waals surface area contributed by atoms with E-state index in [9.17, 15) is 4.79 Å². The zero-order valence-corrected chi connectivity index (χ0v) is 12.1. The number of allylic oxidation sites excluding steroid dienone is 1. The van der Waals surface area contributed by atoms with Gasteiger partial charge in [0, 0.05) is 38.3 Å². The van der Waals surface area contributed by atoms with Crippen LogP contribution in [0.3, 0.4) is 0 Å². The van der Waals surface area contributed by atoms with Gasteiger partial charge in [0.15, 0.2) is 5.78 Å². The molecule has 0 atom stereocenters. The molecule has 2 aromatic rings. The van der Waals surface area contributed by atoms with E-state index in [0.29, 0.717) is 17.0 Å². The fraction of sp³-hybridized carbons (Fsp3) is 0.250. The summed E-state index contributed by atoms with van der Waals surface area (Å²) in [5.41, 5.74) is 2.45. The molecule has 0 saturated carbocycles. The first-order valence-electron chi connectivity index (χ1n) is 6.63. The van der Waals surface area contributed by atoms with Gasteiger partial charge in [-0.05, 0) is 12.0 Å². The Hall–Kier alpha value is -2.36. The van der Waals surface area contributed by atoms with Gasteiger partial charge in [0.2, 0.25) is 0 Å². The molecule has 1 N–H and O–H groups in total. The largest absolute Gasteiger partial charge is 0.383 e. The standard InChI is InChI=1S/C16H19N3O/c1-4-12-5-7-13(8-6-12)15(20)14(11-19(2)3)16-17-9-10-18-16/h5-11H,4H2,1-3H3,(H,17,18). The highest BCUT2D eigenvalue weighted by atomic mass is 16.1. The normalized spacial score (nSPS) is 11.4. The molecule has 4 nitrogen and oxygen atoms in total. The van der Waals surface area contributed by atoms with Gasteiger partial charge in [-0.25, -0.2) is 4.98 Å². The molecule has 0 saturated heterocycles. The van der Waals surface area contributed by atoms with E-state index in [4.69, 9.17) is 0 Å². The molecule has 0 aliphatic rings. The van der Waals surface area contributed by atoms with Crippen molar-refractivity contribution in [3.05, 3.63) is 59.8 Å². The Bertz CT molecular complexity index is 595. The number of ketones is 1. The number of aromatic amines is 1. The van der Waals surface area contributed by atoms with Crippen LogP contribution in [0.5, 0.6) is 0 Å². The SMILES string of the molecule is CCc1ccc(C(=O)C(=CN(C)C)c2ncc[nH]2)cc1. The summed E-state index contributed by atoms with van der Waals surface area (Å²) in [6, 6.07) is 7.71. The molecule has 0 unspecified atom stereocenters. The molecule has 0 amide bonds. The predicted octanol–water partition coefficient (Wildman–Crippen LogP) is 2.76. The van der Waals surface area contributed by atoms with E-state index in [0.717, 1.165) is 6.42 Å². The summed E-state index contributed by atoms with van der Waals surface area (Å²) in [7, 11) is 3.77. The van der Waals surface area contributed by atoms with Gasteiger partial charge in [0.25, 0.3) is 0 Å². The maximum atomic E-state index is 12.6. The van der Waals surface area contributed by atoms with Gasteiger partial charge in [0.1, 0.15) is 5.82 Å². The van der Waals surface area contributed by atoms with Crippen LogP contribution in [0.15, 0.2) is 42.9 Å². The van der Waals surface area contributed by atoms with Crippen molar-refractivity contribution in [3.8, 4) is 0 Å². The number of nitrogens with zero attached hydrogens (tertiary/aromatic N) is 2. The number of hydrogen-bond acceptors (Lipinski definition) is 3. The average molecular weight is 269 g/mol. The first kappa shape index (κ1) is 14.1. The second-order valence-corrected chi connectivity index (χ2v) is 4.82. The summed E-state index contributed by atoms with van der Waals surface area (Å²) < 4.78 is 0. The Balaban J connectivity index is 2.36. The van der Waals surface area contributed by atoms with Gasteiger partial charge in [0.05, 0.1) is 5.57 Å². The number of carbonyl (C=O) groups excluding carboxylic acids is 1. The fourth-order valence-corrected chi connectivity index (χ4v) is 1.95. The van der Waals surface area contributed by atoms with Crippen molar-refractivity contribution in [1.82, 2.24) is 14.9 Å². The average Bonchev–Trinajstić information content (AvgIpc) is 2.98. The van der Waals surface area contributed by atoms with Crippen LogP contribution in [0.2, 0.25) is 0 Å². The Labute approximate surface area is 119 Å².